The fourth-order valence-electron chi connectivity index (χ4n) is 2.47. The van der Waals surface area contributed by atoms with E-state index in [9.17, 15) is 4.79 Å². The van der Waals surface area contributed by atoms with Gasteiger partial charge in [0.2, 0.25) is 0 Å². The minimum Gasteiger partial charge on any atom is -0.372 e. The lowest BCUT2D eigenvalue weighted by Crippen LogP contribution is -2.38. The van der Waals surface area contributed by atoms with Crippen molar-refractivity contribution in [3.8, 4) is 0 Å². The average Bonchev–Trinajstić information content (AvgIpc) is 2.77. The van der Waals surface area contributed by atoms with Crippen molar-refractivity contribution in [1.29, 1.82) is 0 Å². The predicted molar refractivity (Wildman–Crippen MR) is 71.7 cm³/mol. The molecule has 0 spiro atoms. The SMILES string of the molecule is COC(C)C(=O)N1CC(CCN)c2ccccc21. The number of nitrogens with two attached hydrogens (primary N) is 1. The van der Waals surface area contributed by atoms with Crippen molar-refractivity contribution in [2.75, 3.05) is 25.1 Å². The van der Waals surface area contributed by atoms with Crippen molar-refractivity contribution in [1.82, 2.24) is 0 Å². The number of hydrogen-bond acceptors (Lipinski definition) is 3. The summed E-state index contributed by atoms with van der Waals surface area (Å²) in [5.41, 5.74) is 7.87. The molecule has 0 saturated carbocycles. The van der Waals surface area contributed by atoms with Gasteiger partial charge < -0.3 is 15.4 Å². The molecule has 0 fully saturated rings. The Morgan fingerprint density at radius 3 is 2.94 bits per heavy atom. The highest BCUT2D eigenvalue weighted by Crippen LogP contribution is 2.37. The van der Waals surface area contributed by atoms with Crippen LogP contribution in [-0.2, 0) is 9.53 Å². The Labute approximate surface area is 108 Å². The van der Waals surface area contributed by atoms with Gasteiger partial charge in [-0.2, -0.15) is 0 Å². The van der Waals surface area contributed by atoms with E-state index in [1.165, 1.54) is 5.56 Å². The molecule has 1 aliphatic heterocycles. The molecular formula is C14H20N2O2. The third-order valence-electron chi connectivity index (χ3n) is 3.55. The molecule has 2 N–H and O–H groups in total. The minimum atomic E-state index is -0.408. The van der Waals surface area contributed by atoms with Crippen molar-refractivity contribution < 1.29 is 9.53 Å². The Bertz CT molecular complexity index is 434. The molecular weight excluding hydrogens is 228 g/mol. The molecule has 0 aliphatic carbocycles. The average molecular weight is 248 g/mol. The van der Waals surface area contributed by atoms with Crippen LogP contribution in [0.25, 0.3) is 0 Å². The number of benzene rings is 1. The highest BCUT2D eigenvalue weighted by Gasteiger charge is 2.33. The number of amides is 1. The number of methoxy groups -OCH3 is 1. The Balaban J connectivity index is 2.28. The fourth-order valence-corrected chi connectivity index (χ4v) is 2.47. The molecule has 0 bridgehead atoms. The van der Waals surface area contributed by atoms with Gasteiger partial charge in [0, 0.05) is 25.3 Å². The van der Waals surface area contributed by atoms with Gasteiger partial charge in [0.05, 0.1) is 0 Å². The Morgan fingerprint density at radius 1 is 1.56 bits per heavy atom. The predicted octanol–water partition coefficient (Wildman–Crippen LogP) is 1.50. The zero-order valence-electron chi connectivity index (χ0n) is 10.9. The maximum absolute atomic E-state index is 12.3. The molecule has 98 valence electrons. The summed E-state index contributed by atoms with van der Waals surface area (Å²) in [4.78, 5) is 14.1. The maximum atomic E-state index is 12.3. The normalized spacial score (nSPS) is 19.7. The van der Waals surface area contributed by atoms with Crippen molar-refractivity contribution in [3.05, 3.63) is 29.8 Å². The first-order valence-electron chi connectivity index (χ1n) is 6.32. The van der Waals surface area contributed by atoms with Gasteiger partial charge in [-0.15, -0.1) is 0 Å². The zero-order chi connectivity index (χ0) is 13.1. The highest BCUT2D eigenvalue weighted by atomic mass is 16.5. The second-order valence-corrected chi connectivity index (χ2v) is 4.66. The molecule has 4 heteroatoms. The van der Waals surface area contributed by atoms with Crippen LogP contribution in [0.15, 0.2) is 24.3 Å². The third kappa shape index (κ3) is 2.26. The van der Waals surface area contributed by atoms with Gasteiger partial charge in [0.1, 0.15) is 6.10 Å². The van der Waals surface area contributed by atoms with Crippen LogP contribution in [-0.4, -0.2) is 32.2 Å². The van der Waals surface area contributed by atoms with E-state index in [1.54, 1.807) is 14.0 Å². The number of ether oxygens (including phenoxy) is 1. The number of hydrogen-bond donors (Lipinski definition) is 1. The van der Waals surface area contributed by atoms with Crippen LogP contribution >= 0.6 is 0 Å². The van der Waals surface area contributed by atoms with Crippen molar-refractivity contribution >= 4 is 11.6 Å². The minimum absolute atomic E-state index is 0.0180. The molecule has 1 heterocycles. The number of fused-ring (bicyclic) bond motifs is 1. The topological polar surface area (TPSA) is 55.6 Å². The van der Waals surface area contributed by atoms with Crippen molar-refractivity contribution in [3.63, 3.8) is 0 Å². The second kappa shape index (κ2) is 5.50. The molecule has 1 aromatic rings. The van der Waals surface area contributed by atoms with E-state index in [-0.39, 0.29) is 5.91 Å². The third-order valence-corrected chi connectivity index (χ3v) is 3.55. The molecule has 1 aromatic carbocycles. The lowest BCUT2D eigenvalue weighted by molar-refractivity contribution is -0.127. The molecule has 0 aromatic heterocycles. The summed E-state index contributed by atoms with van der Waals surface area (Å²) in [5, 5.41) is 0. The standard InChI is InChI=1S/C14H20N2O2/c1-10(18-2)14(17)16-9-11(7-8-15)12-5-3-4-6-13(12)16/h3-6,10-11H,7-9,15H2,1-2H3. The van der Waals surface area contributed by atoms with Gasteiger partial charge in [-0.25, -0.2) is 0 Å². The van der Waals surface area contributed by atoms with Gasteiger partial charge >= 0.3 is 0 Å². The van der Waals surface area contributed by atoms with Crippen LogP contribution < -0.4 is 10.6 Å². The molecule has 1 aliphatic rings. The summed E-state index contributed by atoms with van der Waals surface area (Å²) >= 11 is 0. The second-order valence-electron chi connectivity index (χ2n) is 4.66. The first-order chi connectivity index (χ1) is 8.69. The van der Waals surface area contributed by atoms with Crippen LogP contribution in [0.5, 0.6) is 0 Å². The Kier molecular flexibility index (Phi) is 3.99. The van der Waals surface area contributed by atoms with Gasteiger partial charge in [-0.3, -0.25) is 4.79 Å². The van der Waals surface area contributed by atoms with E-state index in [2.05, 4.69) is 6.07 Å². The van der Waals surface area contributed by atoms with Crippen LogP contribution in [0.1, 0.15) is 24.8 Å². The summed E-state index contributed by atoms with van der Waals surface area (Å²) in [6, 6.07) is 8.05. The monoisotopic (exact) mass is 248 g/mol. The van der Waals surface area contributed by atoms with Crippen molar-refractivity contribution in [2.45, 2.75) is 25.4 Å². The highest BCUT2D eigenvalue weighted by molar-refractivity contribution is 5.98. The van der Waals surface area contributed by atoms with Gasteiger partial charge in [0.25, 0.3) is 5.91 Å². The first-order valence-corrected chi connectivity index (χ1v) is 6.32. The zero-order valence-corrected chi connectivity index (χ0v) is 10.9. The Hall–Kier alpha value is -1.39. The van der Waals surface area contributed by atoms with Gasteiger partial charge in [-0.05, 0) is 31.5 Å². The lowest BCUT2D eigenvalue weighted by Gasteiger charge is -2.21. The molecule has 0 saturated heterocycles. The summed E-state index contributed by atoms with van der Waals surface area (Å²) in [6.07, 6.45) is 0.497. The first kappa shape index (κ1) is 13.1. The number of rotatable bonds is 4. The Morgan fingerprint density at radius 2 is 2.28 bits per heavy atom. The quantitative estimate of drug-likeness (QED) is 0.878. The summed E-state index contributed by atoms with van der Waals surface area (Å²) in [5.74, 6) is 0.365. The van der Waals surface area contributed by atoms with Gasteiger partial charge in [-0.1, -0.05) is 18.2 Å². The van der Waals surface area contributed by atoms with E-state index < -0.39 is 6.10 Å². The summed E-state index contributed by atoms with van der Waals surface area (Å²) in [6.45, 7) is 3.13. The fraction of sp³-hybridized carbons (Fsp3) is 0.500. The molecule has 2 rings (SSSR count). The molecule has 0 radical (unpaired) electrons. The number of anilines is 1. The van der Waals surface area contributed by atoms with Crippen molar-refractivity contribution in [2.24, 2.45) is 5.73 Å². The van der Waals surface area contributed by atoms with Crippen LogP contribution in [0, 0.1) is 0 Å². The van der Waals surface area contributed by atoms with Crippen LogP contribution in [0.4, 0.5) is 5.69 Å². The van der Waals surface area contributed by atoms with Crippen LogP contribution in [0.2, 0.25) is 0 Å². The lowest BCUT2D eigenvalue weighted by atomic mass is 9.98. The van der Waals surface area contributed by atoms with E-state index in [4.69, 9.17) is 10.5 Å². The van der Waals surface area contributed by atoms with Gasteiger partial charge in [0.15, 0.2) is 0 Å². The number of carbonyl (C=O) groups excluding carboxylic acids is 1. The van der Waals surface area contributed by atoms with Crippen LogP contribution in [0.3, 0.4) is 0 Å². The molecule has 4 nitrogen and oxygen atoms in total. The molecule has 2 atom stereocenters. The number of nitrogens with zero attached hydrogens (tertiary/aromatic N) is 1. The summed E-state index contributed by atoms with van der Waals surface area (Å²) in [7, 11) is 1.56. The largest absolute Gasteiger partial charge is 0.372 e. The van der Waals surface area contributed by atoms with E-state index in [1.807, 2.05) is 23.1 Å². The van der Waals surface area contributed by atoms with E-state index in [0.717, 1.165) is 12.1 Å². The number of carbonyl (C=O) groups is 1. The molecule has 18 heavy (non-hydrogen) atoms. The maximum Gasteiger partial charge on any atom is 0.255 e. The van der Waals surface area contributed by atoms with E-state index in [0.29, 0.717) is 19.0 Å². The summed E-state index contributed by atoms with van der Waals surface area (Å²) < 4.78 is 5.12. The smallest absolute Gasteiger partial charge is 0.255 e. The number of para-hydroxylation sites is 1. The molecule has 2 unspecified atom stereocenters. The molecule has 1 amide bonds. The van der Waals surface area contributed by atoms with E-state index >= 15 is 0 Å².